The summed E-state index contributed by atoms with van der Waals surface area (Å²) < 4.78 is 63.9. The lowest BCUT2D eigenvalue weighted by Crippen LogP contribution is -2.15. The Morgan fingerprint density at radius 2 is 1.50 bits per heavy atom. The molecule has 0 amide bonds. The minimum Gasteiger partial charge on any atom is -0.280 e. The number of nitrogens with zero attached hydrogens (tertiary/aromatic N) is 2. The lowest BCUT2D eigenvalue weighted by atomic mass is 10.2. The summed E-state index contributed by atoms with van der Waals surface area (Å²) in [6.07, 6.45) is 0. The van der Waals surface area contributed by atoms with Crippen molar-refractivity contribution in [1.82, 2.24) is 8.75 Å². The van der Waals surface area contributed by atoms with Crippen molar-refractivity contribution in [3.8, 4) is 0 Å². The van der Waals surface area contributed by atoms with Crippen LogP contribution in [0.15, 0.2) is 76.5 Å². The summed E-state index contributed by atoms with van der Waals surface area (Å²) in [5.41, 5.74) is 2.27. The van der Waals surface area contributed by atoms with Crippen LogP contribution in [0.1, 0.15) is 5.56 Å². The van der Waals surface area contributed by atoms with E-state index in [4.69, 9.17) is 0 Å². The van der Waals surface area contributed by atoms with Crippen molar-refractivity contribution in [3.05, 3.63) is 72.3 Å². The van der Waals surface area contributed by atoms with Gasteiger partial charge in [-0.15, -0.1) is 0 Å². The highest BCUT2D eigenvalue weighted by Gasteiger charge is 2.20. The zero-order valence-corrected chi connectivity index (χ0v) is 18.1. The van der Waals surface area contributed by atoms with Gasteiger partial charge in [0.1, 0.15) is 15.9 Å². The summed E-state index contributed by atoms with van der Waals surface area (Å²) in [5, 5.41) is 0. The monoisotopic (exact) mass is 460 g/mol. The number of fused-ring (bicyclic) bond motifs is 1. The van der Waals surface area contributed by atoms with Crippen molar-refractivity contribution in [2.24, 2.45) is 0 Å². The van der Waals surface area contributed by atoms with Crippen LogP contribution in [-0.2, 0) is 20.0 Å². The first-order valence-electron chi connectivity index (χ1n) is 8.69. The average Bonchev–Trinajstić information content (AvgIpc) is 3.18. The number of para-hydroxylation sites is 1. The second-order valence-electron chi connectivity index (χ2n) is 6.44. The molecule has 30 heavy (non-hydrogen) atoms. The molecule has 4 aromatic rings. The average molecular weight is 461 g/mol. The Morgan fingerprint density at radius 1 is 0.767 bits per heavy atom. The molecule has 0 saturated carbocycles. The SMILES string of the molecule is Cc1ccccc1NS(=O)(=O)c1ccc(NS(=O)(=O)c2cccc3nsnc23)cc1. The quantitative estimate of drug-likeness (QED) is 0.454. The molecule has 154 valence electrons. The molecule has 3 aromatic carbocycles. The van der Waals surface area contributed by atoms with Crippen molar-refractivity contribution in [2.45, 2.75) is 16.7 Å². The summed E-state index contributed by atoms with van der Waals surface area (Å²) in [4.78, 5) is 0.0196. The fourth-order valence-corrected chi connectivity index (χ4v) is 5.76. The molecule has 0 aliphatic carbocycles. The molecule has 4 rings (SSSR count). The highest BCUT2D eigenvalue weighted by atomic mass is 32.2. The lowest BCUT2D eigenvalue weighted by Gasteiger charge is -2.12. The van der Waals surface area contributed by atoms with E-state index in [-0.39, 0.29) is 21.0 Å². The van der Waals surface area contributed by atoms with E-state index >= 15 is 0 Å². The Bertz CT molecular complexity index is 1430. The number of rotatable bonds is 6. The van der Waals surface area contributed by atoms with Crippen LogP contribution in [0.4, 0.5) is 11.4 Å². The maximum Gasteiger partial charge on any atom is 0.264 e. The van der Waals surface area contributed by atoms with Crippen LogP contribution >= 0.6 is 11.7 Å². The standard InChI is InChI=1S/C19H16N4O4S3/c1-13-5-2-3-6-16(13)23-29(24,25)15-11-9-14(10-12-15)22-30(26,27)18-8-4-7-17-19(18)21-28-20-17/h2-12,22-23H,1H3. The van der Waals surface area contributed by atoms with Gasteiger partial charge in [0.05, 0.1) is 22.3 Å². The molecule has 0 radical (unpaired) electrons. The summed E-state index contributed by atoms with van der Waals surface area (Å²) in [6.45, 7) is 1.80. The van der Waals surface area contributed by atoms with Gasteiger partial charge in [-0.2, -0.15) is 8.75 Å². The molecular formula is C19H16N4O4S3. The van der Waals surface area contributed by atoms with E-state index in [2.05, 4.69) is 18.2 Å². The van der Waals surface area contributed by atoms with E-state index < -0.39 is 20.0 Å². The van der Waals surface area contributed by atoms with Crippen LogP contribution in [0.3, 0.4) is 0 Å². The third-order valence-corrected chi connectivity index (χ3v) is 7.68. The van der Waals surface area contributed by atoms with Gasteiger partial charge in [-0.25, -0.2) is 16.8 Å². The van der Waals surface area contributed by atoms with E-state index in [1.807, 2.05) is 6.07 Å². The van der Waals surface area contributed by atoms with Gasteiger partial charge < -0.3 is 0 Å². The van der Waals surface area contributed by atoms with Crippen molar-refractivity contribution in [1.29, 1.82) is 0 Å². The molecule has 0 saturated heterocycles. The third-order valence-electron chi connectivity index (χ3n) is 4.34. The number of benzene rings is 3. The van der Waals surface area contributed by atoms with Crippen molar-refractivity contribution >= 4 is 54.2 Å². The number of anilines is 2. The number of nitrogens with one attached hydrogen (secondary N) is 2. The first-order valence-corrected chi connectivity index (χ1v) is 12.4. The van der Waals surface area contributed by atoms with Crippen molar-refractivity contribution in [3.63, 3.8) is 0 Å². The van der Waals surface area contributed by atoms with E-state index in [1.165, 1.54) is 30.3 Å². The maximum absolute atomic E-state index is 12.8. The molecule has 0 bridgehead atoms. The minimum absolute atomic E-state index is 0.00617. The molecule has 8 nitrogen and oxygen atoms in total. The van der Waals surface area contributed by atoms with Gasteiger partial charge in [-0.3, -0.25) is 9.44 Å². The van der Waals surface area contributed by atoms with Crippen molar-refractivity contribution in [2.75, 3.05) is 9.44 Å². The minimum atomic E-state index is -3.92. The Hall–Kier alpha value is -3.02. The number of hydrogen-bond donors (Lipinski definition) is 2. The molecule has 0 fully saturated rings. The Labute approximate surface area is 178 Å². The largest absolute Gasteiger partial charge is 0.280 e. The zero-order valence-electron chi connectivity index (χ0n) is 15.6. The number of sulfonamides is 2. The first kappa shape index (κ1) is 20.3. The molecule has 0 spiro atoms. The van der Waals surface area contributed by atoms with Crippen LogP contribution in [0.25, 0.3) is 11.0 Å². The maximum atomic E-state index is 12.8. The van der Waals surface area contributed by atoms with Gasteiger partial charge in [0.15, 0.2) is 0 Å². The van der Waals surface area contributed by atoms with Crippen LogP contribution in [0.5, 0.6) is 0 Å². The van der Waals surface area contributed by atoms with Gasteiger partial charge >= 0.3 is 0 Å². The Morgan fingerprint density at radius 3 is 2.23 bits per heavy atom. The van der Waals surface area contributed by atoms with E-state index in [9.17, 15) is 16.8 Å². The van der Waals surface area contributed by atoms with E-state index in [0.717, 1.165) is 17.3 Å². The molecular weight excluding hydrogens is 444 g/mol. The van der Waals surface area contributed by atoms with Crippen LogP contribution in [-0.4, -0.2) is 25.6 Å². The molecule has 2 N–H and O–H groups in total. The molecule has 1 aromatic heterocycles. The van der Waals surface area contributed by atoms with Gasteiger partial charge in [-0.1, -0.05) is 24.3 Å². The zero-order chi connectivity index (χ0) is 21.4. The van der Waals surface area contributed by atoms with Gasteiger partial charge in [0.25, 0.3) is 20.0 Å². The molecule has 0 unspecified atom stereocenters. The fraction of sp³-hybridized carbons (Fsp3) is 0.0526. The van der Waals surface area contributed by atoms with Crippen LogP contribution in [0, 0.1) is 6.92 Å². The highest BCUT2D eigenvalue weighted by molar-refractivity contribution is 7.93. The molecule has 1 heterocycles. The summed E-state index contributed by atoms with van der Waals surface area (Å²) in [5.74, 6) is 0. The third kappa shape index (κ3) is 3.99. The lowest BCUT2D eigenvalue weighted by molar-refractivity contribution is 0.600. The summed E-state index contributed by atoms with van der Waals surface area (Å²) in [7, 11) is -7.74. The van der Waals surface area contributed by atoms with E-state index in [1.54, 1.807) is 37.3 Å². The second kappa shape index (κ2) is 7.67. The number of aromatic nitrogens is 2. The predicted octanol–water partition coefficient (Wildman–Crippen LogP) is 3.60. The smallest absolute Gasteiger partial charge is 0.264 e. The highest BCUT2D eigenvalue weighted by Crippen LogP contribution is 2.25. The number of hydrogen-bond acceptors (Lipinski definition) is 7. The summed E-state index contributed by atoms with van der Waals surface area (Å²) in [6, 6.07) is 17.2. The van der Waals surface area contributed by atoms with Gasteiger partial charge in [0, 0.05) is 5.69 Å². The fourth-order valence-electron chi connectivity index (χ4n) is 2.80. The number of aryl methyl sites for hydroxylation is 1. The van der Waals surface area contributed by atoms with E-state index in [0.29, 0.717) is 11.2 Å². The normalized spacial score (nSPS) is 12.0. The molecule has 0 atom stereocenters. The predicted molar refractivity (Wildman–Crippen MR) is 117 cm³/mol. The summed E-state index contributed by atoms with van der Waals surface area (Å²) >= 11 is 0.930. The van der Waals surface area contributed by atoms with Crippen LogP contribution in [0.2, 0.25) is 0 Å². The Balaban J connectivity index is 1.58. The topological polar surface area (TPSA) is 118 Å². The first-order chi connectivity index (χ1) is 14.3. The van der Waals surface area contributed by atoms with Crippen molar-refractivity contribution < 1.29 is 16.8 Å². The second-order valence-corrected chi connectivity index (χ2v) is 10.3. The van der Waals surface area contributed by atoms with Crippen LogP contribution < -0.4 is 9.44 Å². The Kier molecular flexibility index (Phi) is 5.18. The molecule has 0 aliphatic rings. The van der Waals surface area contributed by atoms with Gasteiger partial charge in [0.2, 0.25) is 0 Å². The molecule has 11 heteroatoms. The van der Waals surface area contributed by atoms with Gasteiger partial charge in [-0.05, 0) is 55.0 Å². The molecule has 0 aliphatic heterocycles.